The minimum atomic E-state index is 1.10. The summed E-state index contributed by atoms with van der Waals surface area (Å²) in [5.74, 6) is 0. The molecular formula is C6H7NS. The summed E-state index contributed by atoms with van der Waals surface area (Å²) >= 11 is 4.87. The first-order valence-corrected chi connectivity index (χ1v) is 2.82. The average molecular weight is 125 g/mol. The molecule has 0 unspecified atom stereocenters. The van der Waals surface area contributed by atoms with Crippen LogP contribution < -0.4 is 3.97 Å². The lowest BCUT2D eigenvalue weighted by molar-refractivity contribution is -0.500. The third kappa shape index (κ3) is 0.954. The number of nitrogens with zero attached hydrogens (tertiary/aromatic N) is 1. The molecule has 0 aliphatic rings. The molecule has 0 aliphatic heterocycles. The van der Waals surface area contributed by atoms with E-state index in [0.717, 1.165) is 5.69 Å². The molecule has 0 fully saturated rings. The van der Waals surface area contributed by atoms with Gasteiger partial charge in [-0.2, -0.15) is 0 Å². The quantitative estimate of drug-likeness (QED) is 0.362. The van der Waals surface area contributed by atoms with E-state index in [1.54, 1.807) is 3.97 Å². The van der Waals surface area contributed by atoms with E-state index < -0.39 is 0 Å². The van der Waals surface area contributed by atoms with E-state index in [4.69, 9.17) is 12.8 Å². The van der Waals surface area contributed by atoms with Crippen LogP contribution >= 0.6 is 0 Å². The van der Waals surface area contributed by atoms with Crippen molar-refractivity contribution in [2.45, 2.75) is 6.92 Å². The minimum Gasteiger partial charge on any atom is -0.427 e. The molecule has 2 heteroatoms. The Bertz CT molecular complexity index is 165. The number of aromatic nitrogens is 1. The highest BCUT2D eigenvalue weighted by Crippen LogP contribution is 1.83. The first kappa shape index (κ1) is 5.51. The van der Waals surface area contributed by atoms with Gasteiger partial charge in [0.15, 0.2) is 11.9 Å². The van der Waals surface area contributed by atoms with E-state index in [2.05, 4.69) is 0 Å². The molecule has 1 rings (SSSR count). The van der Waals surface area contributed by atoms with Crippen molar-refractivity contribution in [1.29, 1.82) is 0 Å². The smallest absolute Gasteiger partial charge is 0.163 e. The lowest BCUT2D eigenvalue weighted by atomic mass is 10.4. The summed E-state index contributed by atoms with van der Waals surface area (Å²) in [6, 6.07) is 5.87. The van der Waals surface area contributed by atoms with Crippen LogP contribution in [0.15, 0.2) is 24.4 Å². The van der Waals surface area contributed by atoms with Gasteiger partial charge < -0.3 is 16.8 Å². The van der Waals surface area contributed by atoms with Crippen LogP contribution in [0.1, 0.15) is 5.69 Å². The second-order valence-electron chi connectivity index (χ2n) is 1.67. The molecule has 0 atom stereocenters. The van der Waals surface area contributed by atoms with Crippen LogP contribution in [0.3, 0.4) is 0 Å². The van der Waals surface area contributed by atoms with Gasteiger partial charge in [-0.05, 0) is 0 Å². The topological polar surface area (TPSA) is 3.88 Å². The maximum absolute atomic E-state index is 4.87. The highest BCUT2D eigenvalue weighted by atomic mass is 32.1. The highest BCUT2D eigenvalue weighted by Gasteiger charge is 1.86. The number of aryl methyl sites for hydroxylation is 1. The van der Waals surface area contributed by atoms with Gasteiger partial charge >= 0.3 is 0 Å². The van der Waals surface area contributed by atoms with Crippen molar-refractivity contribution in [2.75, 3.05) is 0 Å². The molecule has 0 radical (unpaired) electrons. The molecule has 8 heavy (non-hydrogen) atoms. The SMILES string of the molecule is Cc1cccc[n+]1[S-]. The monoisotopic (exact) mass is 125 g/mol. The van der Waals surface area contributed by atoms with Crippen LogP contribution in [0, 0.1) is 6.92 Å². The molecule has 0 bridgehead atoms. The number of hydrogen-bond donors (Lipinski definition) is 0. The van der Waals surface area contributed by atoms with E-state index in [9.17, 15) is 0 Å². The van der Waals surface area contributed by atoms with E-state index >= 15 is 0 Å². The van der Waals surface area contributed by atoms with Crippen molar-refractivity contribution in [3.8, 4) is 0 Å². The maximum atomic E-state index is 4.87. The van der Waals surface area contributed by atoms with Gasteiger partial charge in [0, 0.05) is 19.1 Å². The van der Waals surface area contributed by atoms with Crippen LogP contribution in [0.4, 0.5) is 0 Å². The summed E-state index contributed by atoms with van der Waals surface area (Å²) in [5, 5.41) is 0. The van der Waals surface area contributed by atoms with E-state index in [1.807, 2.05) is 31.3 Å². The van der Waals surface area contributed by atoms with Gasteiger partial charge in [0.25, 0.3) is 0 Å². The van der Waals surface area contributed by atoms with Crippen molar-refractivity contribution < 1.29 is 3.97 Å². The molecule has 1 nitrogen and oxygen atoms in total. The highest BCUT2D eigenvalue weighted by molar-refractivity contribution is 7.50. The molecule has 0 N–H and O–H groups in total. The third-order valence-corrected chi connectivity index (χ3v) is 1.43. The summed E-state index contributed by atoms with van der Waals surface area (Å²) in [4.78, 5) is 0. The van der Waals surface area contributed by atoms with Crippen LogP contribution in [-0.2, 0) is 12.8 Å². The van der Waals surface area contributed by atoms with Crippen LogP contribution in [0.5, 0.6) is 0 Å². The lowest BCUT2D eigenvalue weighted by Crippen LogP contribution is -2.28. The van der Waals surface area contributed by atoms with Crippen molar-refractivity contribution in [3.63, 3.8) is 0 Å². The first-order valence-electron chi connectivity index (χ1n) is 2.45. The average Bonchev–Trinajstić information content (AvgIpc) is 1.77. The summed E-state index contributed by atoms with van der Waals surface area (Å²) in [5.41, 5.74) is 1.10. The van der Waals surface area contributed by atoms with Crippen molar-refractivity contribution >= 4 is 12.8 Å². The van der Waals surface area contributed by atoms with E-state index in [-0.39, 0.29) is 0 Å². The molecule has 1 aromatic heterocycles. The molecular weight excluding hydrogens is 118 g/mol. The maximum Gasteiger partial charge on any atom is 0.163 e. The Morgan fingerprint density at radius 3 is 2.62 bits per heavy atom. The minimum absolute atomic E-state index is 1.10. The van der Waals surface area contributed by atoms with Gasteiger partial charge in [0.2, 0.25) is 0 Å². The Kier molecular flexibility index (Phi) is 1.44. The van der Waals surface area contributed by atoms with E-state index in [0.29, 0.717) is 0 Å². The van der Waals surface area contributed by atoms with Gasteiger partial charge in [0.05, 0.1) is 0 Å². The normalized spacial score (nSPS) is 9.12. The Labute approximate surface area is 54.5 Å². The summed E-state index contributed by atoms with van der Waals surface area (Å²) in [6.45, 7) is 1.98. The molecule has 0 saturated carbocycles. The lowest BCUT2D eigenvalue weighted by Gasteiger charge is -1.97. The first-order chi connectivity index (χ1) is 3.80. The zero-order valence-corrected chi connectivity index (χ0v) is 5.48. The van der Waals surface area contributed by atoms with Crippen molar-refractivity contribution in [2.24, 2.45) is 0 Å². The van der Waals surface area contributed by atoms with Gasteiger partial charge in [-0.3, -0.25) is 0 Å². The Hall–Kier alpha value is -0.630. The molecule has 0 aromatic carbocycles. The number of hydrogen-bond acceptors (Lipinski definition) is 1. The van der Waals surface area contributed by atoms with Gasteiger partial charge in [0.1, 0.15) is 0 Å². The van der Waals surface area contributed by atoms with Crippen LogP contribution in [-0.4, -0.2) is 0 Å². The fourth-order valence-corrected chi connectivity index (χ4v) is 0.645. The second kappa shape index (κ2) is 2.09. The van der Waals surface area contributed by atoms with Crippen molar-refractivity contribution in [1.82, 2.24) is 0 Å². The van der Waals surface area contributed by atoms with Crippen LogP contribution in [0.25, 0.3) is 0 Å². The molecule has 0 saturated heterocycles. The van der Waals surface area contributed by atoms with E-state index in [1.165, 1.54) is 0 Å². The molecule has 1 heterocycles. The van der Waals surface area contributed by atoms with Gasteiger partial charge in [-0.15, -0.1) is 0 Å². The summed E-state index contributed by atoms with van der Waals surface area (Å²) in [7, 11) is 0. The fourth-order valence-electron chi connectivity index (χ4n) is 0.514. The molecule has 0 amide bonds. The summed E-state index contributed by atoms with van der Waals surface area (Å²) < 4.78 is 1.67. The fraction of sp³-hybridized carbons (Fsp3) is 0.167. The van der Waals surface area contributed by atoms with Crippen molar-refractivity contribution in [3.05, 3.63) is 30.1 Å². The Morgan fingerprint density at radius 1 is 1.50 bits per heavy atom. The number of pyridine rings is 1. The third-order valence-electron chi connectivity index (χ3n) is 1.02. The molecule has 42 valence electrons. The zero-order chi connectivity index (χ0) is 5.98. The standard InChI is InChI=1S/C6H7NS/c1-6-4-2-3-5-7(6)8/h2-5H,1H3. The largest absolute Gasteiger partial charge is 0.427 e. The zero-order valence-electron chi connectivity index (χ0n) is 4.66. The Balaban J connectivity index is 3.13. The Morgan fingerprint density at radius 2 is 2.25 bits per heavy atom. The van der Waals surface area contributed by atoms with Gasteiger partial charge in [-0.1, -0.05) is 6.07 Å². The molecule has 0 spiro atoms. The predicted octanol–water partition coefficient (Wildman–Crippen LogP) is 0.593. The molecule has 0 aliphatic carbocycles. The second-order valence-corrected chi connectivity index (χ2v) is 2.06. The molecule has 1 aromatic rings. The van der Waals surface area contributed by atoms with Gasteiger partial charge in [-0.25, -0.2) is 0 Å². The van der Waals surface area contributed by atoms with Crippen LogP contribution in [0.2, 0.25) is 0 Å². The number of rotatable bonds is 0. The predicted molar refractivity (Wildman–Crippen MR) is 34.1 cm³/mol. The summed E-state index contributed by atoms with van der Waals surface area (Å²) in [6.07, 6.45) is 1.85.